The van der Waals surface area contributed by atoms with E-state index in [1.54, 1.807) is 12.0 Å². The maximum absolute atomic E-state index is 11.6. The third kappa shape index (κ3) is 1.05. The molecular weight excluding hydrogens is 198 g/mol. The van der Waals surface area contributed by atoms with Gasteiger partial charge in [0.1, 0.15) is 5.92 Å². The summed E-state index contributed by atoms with van der Waals surface area (Å²) in [5.41, 5.74) is -1.06. The van der Waals surface area contributed by atoms with E-state index < -0.39 is 23.5 Å². The second-order valence-corrected chi connectivity index (χ2v) is 4.59. The molecule has 0 aliphatic carbocycles. The van der Waals surface area contributed by atoms with Crippen molar-refractivity contribution in [2.75, 3.05) is 6.54 Å². The zero-order valence-corrected chi connectivity index (χ0v) is 8.56. The molecule has 0 radical (unpaired) electrons. The van der Waals surface area contributed by atoms with E-state index in [0.29, 0.717) is 0 Å². The molecule has 5 nitrogen and oxygen atoms in total. The SMILES string of the molecule is C[C@]12ON3CCCC[C@@H]3[C@H]1C(=O)OC2=O. The van der Waals surface area contributed by atoms with Gasteiger partial charge < -0.3 is 4.74 Å². The molecule has 3 fully saturated rings. The summed E-state index contributed by atoms with van der Waals surface area (Å²) < 4.78 is 4.65. The third-order valence-electron chi connectivity index (χ3n) is 3.64. The molecule has 82 valence electrons. The highest BCUT2D eigenvalue weighted by atomic mass is 16.7. The Morgan fingerprint density at radius 2 is 2.20 bits per heavy atom. The number of piperidine rings is 1. The zero-order valence-electron chi connectivity index (χ0n) is 8.56. The number of hydroxylamine groups is 2. The molecule has 0 N–H and O–H groups in total. The molecular formula is C10H13NO4. The fraction of sp³-hybridized carbons (Fsp3) is 0.800. The minimum atomic E-state index is -1.06. The topological polar surface area (TPSA) is 55.8 Å². The van der Waals surface area contributed by atoms with Gasteiger partial charge in [-0.2, -0.15) is 5.06 Å². The van der Waals surface area contributed by atoms with Crippen molar-refractivity contribution in [1.29, 1.82) is 0 Å². The van der Waals surface area contributed by atoms with Crippen LogP contribution in [0.4, 0.5) is 0 Å². The Hall–Kier alpha value is -0.940. The Morgan fingerprint density at radius 1 is 1.40 bits per heavy atom. The summed E-state index contributed by atoms with van der Waals surface area (Å²) in [6.45, 7) is 2.46. The summed E-state index contributed by atoms with van der Waals surface area (Å²) in [7, 11) is 0. The van der Waals surface area contributed by atoms with Crippen LogP contribution in [0.25, 0.3) is 0 Å². The second kappa shape index (κ2) is 2.80. The molecule has 3 aliphatic rings. The Bertz CT molecular complexity index is 342. The van der Waals surface area contributed by atoms with E-state index in [-0.39, 0.29) is 6.04 Å². The van der Waals surface area contributed by atoms with E-state index >= 15 is 0 Å². The zero-order chi connectivity index (χ0) is 10.6. The lowest BCUT2D eigenvalue weighted by Gasteiger charge is -2.28. The van der Waals surface area contributed by atoms with Crippen LogP contribution in [0.3, 0.4) is 0 Å². The number of carbonyl (C=O) groups is 2. The molecule has 0 unspecified atom stereocenters. The minimum Gasteiger partial charge on any atom is -0.391 e. The normalized spacial score (nSPS) is 45.1. The van der Waals surface area contributed by atoms with E-state index in [0.717, 1.165) is 25.8 Å². The number of fused-ring (bicyclic) bond motifs is 3. The van der Waals surface area contributed by atoms with Crippen molar-refractivity contribution < 1.29 is 19.2 Å². The average Bonchev–Trinajstić information content (AvgIpc) is 2.60. The van der Waals surface area contributed by atoms with E-state index in [2.05, 4.69) is 4.74 Å². The maximum atomic E-state index is 11.6. The molecule has 3 heterocycles. The quantitative estimate of drug-likeness (QED) is 0.424. The lowest BCUT2D eigenvalue weighted by molar-refractivity contribution is -0.215. The van der Waals surface area contributed by atoms with Gasteiger partial charge in [-0.3, -0.25) is 9.63 Å². The second-order valence-electron chi connectivity index (χ2n) is 4.59. The van der Waals surface area contributed by atoms with Crippen molar-refractivity contribution in [2.45, 2.75) is 37.8 Å². The van der Waals surface area contributed by atoms with Gasteiger partial charge in [-0.05, 0) is 19.8 Å². The van der Waals surface area contributed by atoms with Crippen molar-refractivity contribution in [1.82, 2.24) is 5.06 Å². The standard InChI is InChI=1S/C10H13NO4/c1-10-7(8(12)14-9(10)13)6-4-2-3-5-11(6)15-10/h6-7H,2-5H2,1H3/t6-,7+,10+/m1/s1. The summed E-state index contributed by atoms with van der Waals surface area (Å²) in [5.74, 6) is -1.38. The summed E-state index contributed by atoms with van der Waals surface area (Å²) in [6, 6.07) is 0.0303. The number of ether oxygens (including phenoxy) is 1. The summed E-state index contributed by atoms with van der Waals surface area (Å²) in [6.07, 6.45) is 3.05. The first-order chi connectivity index (χ1) is 7.13. The van der Waals surface area contributed by atoms with Gasteiger partial charge in [0.2, 0.25) is 0 Å². The van der Waals surface area contributed by atoms with Crippen LogP contribution in [0.1, 0.15) is 26.2 Å². The number of carbonyl (C=O) groups excluding carboxylic acids is 2. The molecule has 0 bridgehead atoms. The Morgan fingerprint density at radius 3 is 3.00 bits per heavy atom. The molecule has 0 aromatic carbocycles. The van der Waals surface area contributed by atoms with Crippen LogP contribution < -0.4 is 0 Å². The van der Waals surface area contributed by atoms with E-state index in [1.807, 2.05) is 0 Å². The predicted octanol–water partition coefficient (Wildman–Crippen LogP) is 0.244. The minimum absolute atomic E-state index is 0.0303. The van der Waals surface area contributed by atoms with Gasteiger partial charge in [-0.25, -0.2) is 4.79 Å². The van der Waals surface area contributed by atoms with Gasteiger partial charge in [0.05, 0.1) is 6.04 Å². The molecule has 0 aromatic rings. The van der Waals surface area contributed by atoms with Crippen LogP contribution in [0.15, 0.2) is 0 Å². The van der Waals surface area contributed by atoms with Gasteiger partial charge in [0.25, 0.3) is 0 Å². The van der Waals surface area contributed by atoms with E-state index in [1.165, 1.54) is 0 Å². The Balaban J connectivity index is 1.99. The van der Waals surface area contributed by atoms with Gasteiger partial charge >= 0.3 is 11.9 Å². The van der Waals surface area contributed by atoms with Crippen LogP contribution >= 0.6 is 0 Å². The van der Waals surface area contributed by atoms with Crippen LogP contribution in [-0.2, 0) is 19.2 Å². The van der Waals surface area contributed by atoms with Gasteiger partial charge in [-0.1, -0.05) is 6.42 Å². The Labute approximate surface area is 87.3 Å². The van der Waals surface area contributed by atoms with Crippen LogP contribution in [-0.4, -0.2) is 35.2 Å². The molecule has 3 saturated heterocycles. The molecule has 0 amide bonds. The average molecular weight is 211 g/mol. The predicted molar refractivity (Wildman–Crippen MR) is 48.4 cm³/mol. The first kappa shape index (κ1) is 9.30. The first-order valence-corrected chi connectivity index (χ1v) is 5.35. The summed E-state index contributed by atoms with van der Waals surface area (Å²) in [5, 5.41) is 1.80. The molecule has 15 heavy (non-hydrogen) atoms. The number of hydrogen-bond donors (Lipinski definition) is 0. The molecule has 5 heteroatoms. The number of rotatable bonds is 0. The lowest BCUT2D eigenvalue weighted by Crippen LogP contribution is -2.39. The van der Waals surface area contributed by atoms with Crippen LogP contribution in [0, 0.1) is 5.92 Å². The molecule has 0 spiro atoms. The first-order valence-electron chi connectivity index (χ1n) is 5.35. The van der Waals surface area contributed by atoms with Crippen LogP contribution in [0.2, 0.25) is 0 Å². The largest absolute Gasteiger partial charge is 0.391 e. The van der Waals surface area contributed by atoms with Crippen molar-refractivity contribution >= 4 is 11.9 Å². The fourth-order valence-electron chi connectivity index (χ4n) is 2.85. The van der Waals surface area contributed by atoms with Crippen molar-refractivity contribution in [2.24, 2.45) is 5.92 Å². The van der Waals surface area contributed by atoms with Crippen molar-refractivity contribution in [3.63, 3.8) is 0 Å². The summed E-state index contributed by atoms with van der Waals surface area (Å²) >= 11 is 0. The molecule has 3 rings (SSSR count). The number of esters is 2. The molecule has 3 aliphatic heterocycles. The number of hydrogen-bond acceptors (Lipinski definition) is 5. The van der Waals surface area contributed by atoms with E-state index in [9.17, 15) is 9.59 Å². The van der Waals surface area contributed by atoms with Gasteiger partial charge in [-0.15, -0.1) is 0 Å². The van der Waals surface area contributed by atoms with E-state index in [4.69, 9.17) is 4.84 Å². The van der Waals surface area contributed by atoms with Crippen molar-refractivity contribution in [3.8, 4) is 0 Å². The highest BCUT2D eigenvalue weighted by molar-refractivity contribution is 6.01. The molecule has 3 atom stereocenters. The smallest absolute Gasteiger partial charge is 0.348 e. The lowest BCUT2D eigenvalue weighted by atomic mass is 9.83. The van der Waals surface area contributed by atoms with Gasteiger partial charge in [0, 0.05) is 6.54 Å². The monoisotopic (exact) mass is 211 g/mol. The molecule has 0 saturated carbocycles. The van der Waals surface area contributed by atoms with Crippen molar-refractivity contribution in [3.05, 3.63) is 0 Å². The van der Waals surface area contributed by atoms with Gasteiger partial charge in [0.15, 0.2) is 5.60 Å². The third-order valence-corrected chi connectivity index (χ3v) is 3.64. The summed E-state index contributed by atoms with van der Waals surface area (Å²) in [4.78, 5) is 28.7. The van der Waals surface area contributed by atoms with Crippen LogP contribution in [0.5, 0.6) is 0 Å². The molecule has 0 aromatic heterocycles. The number of cyclic esters (lactones) is 2. The highest BCUT2D eigenvalue weighted by Crippen LogP contribution is 2.45. The number of nitrogens with zero attached hydrogens (tertiary/aromatic N) is 1. The maximum Gasteiger partial charge on any atom is 0.348 e. The highest BCUT2D eigenvalue weighted by Gasteiger charge is 2.66. The Kier molecular flexibility index (Phi) is 1.73. The fourth-order valence-corrected chi connectivity index (χ4v) is 2.85.